The van der Waals surface area contributed by atoms with Gasteiger partial charge in [-0.15, -0.1) is 0 Å². The lowest BCUT2D eigenvalue weighted by atomic mass is 10.0. The molecule has 1 aromatic carbocycles. The van der Waals surface area contributed by atoms with Gasteiger partial charge in [0.05, 0.1) is 12.5 Å². The smallest absolute Gasteiger partial charge is 0.326 e. The highest BCUT2D eigenvalue weighted by Gasteiger charge is 2.31. The van der Waals surface area contributed by atoms with Crippen molar-refractivity contribution in [2.75, 3.05) is 12.0 Å². The molecule has 0 bridgehead atoms. The summed E-state index contributed by atoms with van der Waals surface area (Å²) in [6, 6.07) is 4.50. The van der Waals surface area contributed by atoms with E-state index in [-0.39, 0.29) is 25.2 Å². The van der Waals surface area contributed by atoms with Crippen LogP contribution in [-0.2, 0) is 30.4 Å². The van der Waals surface area contributed by atoms with Crippen LogP contribution in [0.4, 0.5) is 0 Å². The predicted octanol–water partition coefficient (Wildman–Crippen LogP) is -0.230. The molecule has 0 aromatic heterocycles. The van der Waals surface area contributed by atoms with Crippen molar-refractivity contribution >= 4 is 41.4 Å². The number of carbonyl (C=O) groups excluding carboxylic acids is 4. The SMILES string of the molecule is CSCCC(NC(=O)C(CC(C)C)NC(=O)C(CC(N)=O)NC(=O)C(N)Cc1ccccc1)C(=O)O. The normalized spacial score (nSPS) is 14.2. The molecule has 8 N–H and O–H groups in total. The van der Waals surface area contributed by atoms with Crippen molar-refractivity contribution in [2.24, 2.45) is 17.4 Å². The first-order valence-corrected chi connectivity index (χ1v) is 13.0. The van der Waals surface area contributed by atoms with Crippen LogP contribution < -0.4 is 27.4 Å². The van der Waals surface area contributed by atoms with E-state index in [2.05, 4.69) is 16.0 Å². The van der Waals surface area contributed by atoms with Gasteiger partial charge in [0.25, 0.3) is 0 Å². The molecule has 4 atom stereocenters. The number of carbonyl (C=O) groups is 5. The molecule has 4 unspecified atom stereocenters. The molecule has 0 saturated heterocycles. The summed E-state index contributed by atoms with van der Waals surface area (Å²) in [6.45, 7) is 3.67. The summed E-state index contributed by atoms with van der Waals surface area (Å²) >= 11 is 1.44. The Labute approximate surface area is 215 Å². The van der Waals surface area contributed by atoms with Crippen molar-refractivity contribution in [2.45, 2.75) is 63.7 Å². The van der Waals surface area contributed by atoms with Gasteiger partial charge in [0.15, 0.2) is 0 Å². The van der Waals surface area contributed by atoms with Crippen molar-refractivity contribution < 1.29 is 29.1 Å². The zero-order valence-corrected chi connectivity index (χ0v) is 21.7. The lowest BCUT2D eigenvalue weighted by Crippen LogP contribution is -2.58. The molecular formula is C24H37N5O6S. The van der Waals surface area contributed by atoms with E-state index in [0.717, 1.165) is 5.56 Å². The second kappa shape index (κ2) is 15.8. The van der Waals surface area contributed by atoms with Crippen LogP contribution in [0.3, 0.4) is 0 Å². The highest BCUT2D eigenvalue weighted by atomic mass is 32.2. The van der Waals surface area contributed by atoms with E-state index in [1.165, 1.54) is 11.8 Å². The minimum absolute atomic E-state index is 0.0287. The first-order valence-electron chi connectivity index (χ1n) is 11.6. The summed E-state index contributed by atoms with van der Waals surface area (Å²) < 4.78 is 0. The molecule has 11 nitrogen and oxygen atoms in total. The minimum atomic E-state index is -1.36. The van der Waals surface area contributed by atoms with Crippen LogP contribution in [-0.4, -0.2) is 70.9 Å². The second-order valence-electron chi connectivity index (χ2n) is 8.90. The summed E-state index contributed by atoms with van der Waals surface area (Å²) in [6.07, 6.45) is 1.95. The number of benzene rings is 1. The zero-order chi connectivity index (χ0) is 27.3. The number of hydrogen-bond acceptors (Lipinski definition) is 7. The summed E-state index contributed by atoms with van der Waals surface area (Å²) in [7, 11) is 0. The van der Waals surface area contributed by atoms with Gasteiger partial charge in [0.1, 0.15) is 18.1 Å². The number of thioether (sulfide) groups is 1. The van der Waals surface area contributed by atoms with Crippen molar-refractivity contribution in [1.82, 2.24) is 16.0 Å². The number of nitrogens with one attached hydrogen (secondary N) is 3. The Morgan fingerprint density at radius 2 is 1.47 bits per heavy atom. The van der Waals surface area contributed by atoms with Crippen LogP contribution in [0.25, 0.3) is 0 Å². The Kier molecular flexibility index (Phi) is 13.6. The van der Waals surface area contributed by atoms with Crippen molar-refractivity contribution in [3.05, 3.63) is 35.9 Å². The third-order valence-corrected chi connectivity index (χ3v) is 5.88. The van der Waals surface area contributed by atoms with E-state index >= 15 is 0 Å². The van der Waals surface area contributed by atoms with E-state index in [4.69, 9.17) is 11.5 Å². The molecule has 0 heterocycles. The van der Waals surface area contributed by atoms with Crippen LogP contribution in [0.15, 0.2) is 30.3 Å². The quantitative estimate of drug-likeness (QED) is 0.171. The third-order valence-electron chi connectivity index (χ3n) is 5.24. The first-order chi connectivity index (χ1) is 16.9. The summed E-state index contributed by atoms with van der Waals surface area (Å²) in [5.41, 5.74) is 12.1. The maximum atomic E-state index is 13.0. The van der Waals surface area contributed by atoms with Gasteiger partial charge in [-0.3, -0.25) is 19.2 Å². The summed E-state index contributed by atoms with van der Waals surface area (Å²) in [4.78, 5) is 61.7. The van der Waals surface area contributed by atoms with E-state index in [1.807, 2.05) is 26.2 Å². The number of nitrogens with two attached hydrogens (primary N) is 2. The molecule has 36 heavy (non-hydrogen) atoms. The average Bonchev–Trinajstić information content (AvgIpc) is 2.80. The molecule has 4 amide bonds. The highest BCUT2D eigenvalue weighted by molar-refractivity contribution is 7.98. The van der Waals surface area contributed by atoms with E-state index in [0.29, 0.717) is 5.75 Å². The average molecular weight is 524 g/mol. The van der Waals surface area contributed by atoms with Gasteiger partial charge in [-0.2, -0.15) is 11.8 Å². The Bertz CT molecular complexity index is 898. The van der Waals surface area contributed by atoms with Crippen LogP contribution in [0.1, 0.15) is 38.7 Å². The standard InChI is InChI=1S/C24H37N5O6S/c1-14(2)11-18(22(32)27-17(24(34)35)9-10-36-3)29-23(33)19(13-20(26)30)28-21(31)16(25)12-15-7-5-4-6-8-15/h4-8,14,16-19H,9-13,25H2,1-3H3,(H2,26,30)(H,27,32)(H,28,31)(H,29,33)(H,34,35). The number of rotatable bonds is 16. The lowest BCUT2D eigenvalue weighted by molar-refractivity contribution is -0.142. The molecular weight excluding hydrogens is 486 g/mol. The fraction of sp³-hybridized carbons (Fsp3) is 0.542. The van der Waals surface area contributed by atoms with Crippen LogP contribution in [0.2, 0.25) is 0 Å². The highest BCUT2D eigenvalue weighted by Crippen LogP contribution is 2.09. The lowest BCUT2D eigenvalue weighted by Gasteiger charge is -2.25. The van der Waals surface area contributed by atoms with Gasteiger partial charge >= 0.3 is 5.97 Å². The topological polar surface area (TPSA) is 194 Å². The molecule has 0 aliphatic rings. The Hall–Kier alpha value is -3.12. The Morgan fingerprint density at radius 3 is 2.00 bits per heavy atom. The second-order valence-corrected chi connectivity index (χ2v) is 9.89. The predicted molar refractivity (Wildman–Crippen MR) is 138 cm³/mol. The van der Waals surface area contributed by atoms with Crippen LogP contribution in [0, 0.1) is 5.92 Å². The number of amides is 4. The maximum absolute atomic E-state index is 13.0. The fourth-order valence-corrected chi connectivity index (χ4v) is 3.86. The number of aliphatic carboxylic acids is 1. The molecule has 0 saturated carbocycles. The monoisotopic (exact) mass is 523 g/mol. The largest absolute Gasteiger partial charge is 0.480 e. The van der Waals surface area contributed by atoms with Gasteiger partial charge in [-0.05, 0) is 42.8 Å². The van der Waals surface area contributed by atoms with Crippen molar-refractivity contribution in [3.63, 3.8) is 0 Å². The van der Waals surface area contributed by atoms with E-state index in [1.54, 1.807) is 24.3 Å². The van der Waals surface area contributed by atoms with Gasteiger partial charge in [-0.25, -0.2) is 4.79 Å². The molecule has 12 heteroatoms. The molecule has 0 fully saturated rings. The van der Waals surface area contributed by atoms with Gasteiger partial charge in [0.2, 0.25) is 23.6 Å². The van der Waals surface area contributed by atoms with Gasteiger partial charge < -0.3 is 32.5 Å². The third kappa shape index (κ3) is 11.5. The van der Waals surface area contributed by atoms with E-state index in [9.17, 15) is 29.1 Å². The molecule has 200 valence electrons. The fourth-order valence-electron chi connectivity index (χ4n) is 3.39. The summed E-state index contributed by atoms with van der Waals surface area (Å²) in [5.74, 6) is -3.65. The van der Waals surface area contributed by atoms with Crippen molar-refractivity contribution in [3.8, 4) is 0 Å². The van der Waals surface area contributed by atoms with Crippen LogP contribution in [0.5, 0.6) is 0 Å². The van der Waals surface area contributed by atoms with Crippen molar-refractivity contribution in [1.29, 1.82) is 0 Å². The molecule has 0 radical (unpaired) electrons. The molecule has 1 aromatic rings. The number of carboxylic acid groups (broad SMARTS) is 1. The number of hydrogen-bond donors (Lipinski definition) is 6. The minimum Gasteiger partial charge on any atom is -0.480 e. The molecule has 0 aliphatic carbocycles. The summed E-state index contributed by atoms with van der Waals surface area (Å²) in [5, 5.41) is 16.9. The number of primary amides is 1. The van der Waals surface area contributed by atoms with E-state index < -0.39 is 60.2 Å². The maximum Gasteiger partial charge on any atom is 0.326 e. The Morgan fingerprint density at radius 1 is 0.917 bits per heavy atom. The number of carboxylic acids is 1. The molecule has 0 aliphatic heterocycles. The van der Waals surface area contributed by atoms with Gasteiger partial charge in [0, 0.05) is 0 Å². The zero-order valence-electron chi connectivity index (χ0n) is 20.9. The molecule has 0 spiro atoms. The van der Waals surface area contributed by atoms with Gasteiger partial charge in [-0.1, -0.05) is 44.2 Å². The van der Waals surface area contributed by atoms with Crippen LogP contribution >= 0.6 is 11.8 Å². The molecule has 1 rings (SSSR count). The first kappa shape index (κ1) is 30.9. The Balaban J connectivity index is 2.95.